The zero-order chi connectivity index (χ0) is 25.2. The first-order chi connectivity index (χ1) is 16.5. The molecular weight excluding hydrogens is 480 g/mol. The van der Waals surface area contributed by atoms with E-state index in [0.717, 1.165) is 11.8 Å². The lowest BCUT2D eigenvalue weighted by molar-refractivity contribution is -0.126. The minimum atomic E-state index is -4.21. The average Bonchev–Trinajstić information content (AvgIpc) is 3.14. The lowest BCUT2D eigenvalue weighted by Crippen LogP contribution is -2.50. The van der Waals surface area contributed by atoms with Crippen LogP contribution in [0, 0.1) is 10.8 Å². The van der Waals surface area contributed by atoms with Crippen molar-refractivity contribution in [2.75, 3.05) is 6.26 Å². The van der Waals surface area contributed by atoms with E-state index >= 15 is 0 Å². The molecule has 7 heteroatoms. The summed E-state index contributed by atoms with van der Waals surface area (Å²) in [6, 6.07) is 26.3. The van der Waals surface area contributed by atoms with Gasteiger partial charge in [-0.2, -0.15) is 0 Å². The smallest absolute Gasteiger partial charge is 0.183 e. The number of sulfone groups is 2. The third kappa shape index (κ3) is 3.14. The fourth-order valence-corrected chi connectivity index (χ4v) is 11.5. The van der Waals surface area contributed by atoms with Gasteiger partial charge in [-0.1, -0.05) is 78.9 Å². The molecule has 2 aliphatic rings. The van der Waals surface area contributed by atoms with Gasteiger partial charge in [0.25, 0.3) is 0 Å². The Morgan fingerprint density at radius 1 is 0.600 bits per heavy atom. The first-order valence-corrected chi connectivity index (χ1v) is 14.8. The van der Waals surface area contributed by atoms with Crippen molar-refractivity contribution >= 4 is 36.6 Å². The molecule has 2 aliphatic carbocycles. The minimum Gasteiger partial charge on any atom is -0.298 e. The van der Waals surface area contributed by atoms with Gasteiger partial charge in [0.15, 0.2) is 25.5 Å². The van der Waals surface area contributed by atoms with Crippen LogP contribution in [-0.4, -0.2) is 39.4 Å². The predicted octanol–water partition coefficient (Wildman–Crippen LogP) is 4.46. The molecule has 2 bridgehead atoms. The molecule has 1 fully saturated rings. The Kier molecular flexibility index (Phi) is 5.24. The van der Waals surface area contributed by atoms with Crippen molar-refractivity contribution in [2.45, 2.75) is 29.2 Å². The molecule has 0 spiro atoms. The Hall–Kier alpha value is -3.03. The number of rotatable bonds is 5. The number of carbonyl (C=O) groups excluding carboxylic acids is 1. The summed E-state index contributed by atoms with van der Waals surface area (Å²) in [5.41, 5.74) is -0.500. The third-order valence-electron chi connectivity index (χ3n) is 7.64. The zero-order valence-corrected chi connectivity index (χ0v) is 21.3. The molecule has 3 aromatic carbocycles. The predicted molar refractivity (Wildman–Crippen MR) is 137 cm³/mol. The quantitative estimate of drug-likeness (QED) is 0.510. The van der Waals surface area contributed by atoms with E-state index in [2.05, 4.69) is 0 Å². The Morgan fingerprint density at radius 3 is 1.37 bits per heavy atom. The molecule has 4 atom stereocenters. The van der Waals surface area contributed by atoms with E-state index in [1.165, 1.54) is 12.1 Å². The molecule has 180 valence electrons. The fraction of sp³-hybridized carbons (Fsp3) is 0.250. The molecule has 0 N–H and O–H groups in total. The number of fused-ring (bicyclic) bond motifs is 2. The second kappa shape index (κ2) is 7.73. The SMILES string of the molecule is CC12C(=O)C(C)(C(c3ccccc3)=C1c1ccccc1)C(S(=O)(=O)c1ccccc1)C2S(C)(=O)=O. The topological polar surface area (TPSA) is 85.3 Å². The Bertz CT molecular complexity index is 1560. The highest BCUT2D eigenvalue weighted by Gasteiger charge is 2.77. The Morgan fingerprint density at radius 2 is 0.971 bits per heavy atom. The summed E-state index contributed by atoms with van der Waals surface area (Å²) in [5.74, 6) is -0.373. The van der Waals surface area contributed by atoms with Crippen LogP contribution in [-0.2, 0) is 24.5 Å². The van der Waals surface area contributed by atoms with Crippen LogP contribution in [0.1, 0.15) is 25.0 Å². The zero-order valence-electron chi connectivity index (χ0n) is 19.7. The number of carbonyl (C=O) groups is 1. The molecular formula is C28H26O5S2. The van der Waals surface area contributed by atoms with Gasteiger partial charge in [-0.15, -0.1) is 0 Å². The molecule has 4 unspecified atom stereocenters. The average molecular weight is 507 g/mol. The maximum Gasteiger partial charge on any atom is 0.183 e. The molecule has 0 heterocycles. The van der Waals surface area contributed by atoms with Crippen LogP contribution in [0.5, 0.6) is 0 Å². The van der Waals surface area contributed by atoms with Crippen molar-refractivity contribution in [1.82, 2.24) is 0 Å². The first-order valence-electron chi connectivity index (χ1n) is 11.3. The summed E-state index contributed by atoms with van der Waals surface area (Å²) in [4.78, 5) is 14.4. The molecule has 35 heavy (non-hydrogen) atoms. The van der Waals surface area contributed by atoms with Crippen LogP contribution in [0.15, 0.2) is 95.9 Å². The standard InChI is InChI=1S/C28H26O5S2/c1-27-22(19-13-7-4-8-14-19)23(20-15-9-5-10-16-20)28(2,26(27)29)25(24(27)34(3,30)31)35(32,33)21-17-11-6-12-18-21/h4-18,24-25H,1-3H3. The minimum absolute atomic E-state index is 0.0116. The normalized spacial score (nSPS) is 28.5. The van der Waals surface area contributed by atoms with Crippen LogP contribution >= 0.6 is 0 Å². The largest absolute Gasteiger partial charge is 0.298 e. The van der Waals surface area contributed by atoms with Crippen molar-refractivity contribution in [3.05, 3.63) is 102 Å². The number of allylic oxidation sites excluding steroid dienone is 2. The fourth-order valence-electron chi connectivity index (χ4n) is 6.41. The third-order valence-corrected chi connectivity index (χ3v) is 11.8. The van der Waals surface area contributed by atoms with E-state index in [-0.39, 0.29) is 10.7 Å². The summed E-state index contributed by atoms with van der Waals surface area (Å²) in [6.45, 7) is 3.22. The Balaban J connectivity index is 1.94. The highest BCUT2D eigenvalue weighted by molar-refractivity contribution is 7.96. The number of hydrogen-bond acceptors (Lipinski definition) is 5. The molecule has 1 saturated carbocycles. The van der Waals surface area contributed by atoms with Gasteiger partial charge in [0.2, 0.25) is 0 Å². The van der Waals surface area contributed by atoms with Crippen LogP contribution in [0.25, 0.3) is 11.1 Å². The van der Waals surface area contributed by atoms with Crippen LogP contribution in [0.4, 0.5) is 0 Å². The molecule has 3 aromatic rings. The molecule has 5 nitrogen and oxygen atoms in total. The van der Waals surface area contributed by atoms with E-state index in [9.17, 15) is 21.6 Å². The lowest BCUT2D eigenvalue weighted by Gasteiger charge is -2.40. The van der Waals surface area contributed by atoms with Gasteiger partial charge in [0, 0.05) is 6.26 Å². The van der Waals surface area contributed by atoms with E-state index in [1.54, 1.807) is 32.0 Å². The first kappa shape index (κ1) is 23.7. The number of benzene rings is 3. The van der Waals surface area contributed by atoms with Gasteiger partial charge in [-0.05, 0) is 48.3 Å². The van der Waals surface area contributed by atoms with Gasteiger partial charge >= 0.3 is 0 Å². The second-order valence-corrected chi connectivity index (χ2v) is 14.0. The van der Waals surface area contributed by atoms with Crippen LogP contribution < -0.4 is 0 Å². The highest BCUT2D eigenvalue weighted by Crippen LogP contribution is 2.70. The van der Waals surface area contributed by atoms with Crippen LogP contribution in [0.3, 0.4) is 0 Å². The van der Waals surface area contributed by atoms with Gasteiger partial charge in [-0.25, -0.2) is 16.8 Å². The van der Waals surface area contributed by atoms with E-state index in [1.807, 2.05) is 60.7 Å². The maximum atomic E-state index is 14.4. The van der Waals surface area contributed by atoms with Crippen LogP contribution in [0.2, 0.25) is 0 Å². The van der Waals surface area contributed by atoms with Gasteiger partial charge in [0.1, 0.15) is 5.25 Å². The molecule has 0 aliphatic heterocycles. The van der Waals surface area contributed by atoms with Crippen molar-refractivity contribution in [2.24, 2.45) is 10.8 Å². The highest BCUT2D eigenvalue weighted by atomic mass is 32.2. The lowest BCUT2D eigenvalue weighted by atomic mass is 9.72. The summed E-state index contributed by atoms with van der Waals surface area (Å²) in [6.07, 6.45) is 1.04. The molecule has 0 radical (unpaired) electrons. The summed E-state index contributed by atoms with van der Waals surface area (Å²) < 4.78 is 55.1. The van der Waals surface area contributed by atoms with Gasteiger partial charge < -0.3 is 0 Å². The van der Waals surface area contributed by atoms with Crippen molar-refractivity contribution in [3.63, 3.8) is 0 Å². The molecule has 0 amide bonds. The molecule has 0 saturated heterocycles. The number of hydrogen-bond donors (Lipinski definition) is 0. The second-order valence-electron chi connectivity index (χ2n) is 9.74. The van der Waals surface area contributed by atoms with Crippen molar-refractivity contribution in [1.29, 1.82) is 0 Å². The summed E-state index contributed by atoms with van der Waals surface area (Å²) >= 11 is 0. The van der Waals surface area contributed by atoms with E-state index in [4.69, 9.17) is 0 Å². The van der Waals surface area contributed by atoms with Crippen molar-refractivity contribution in [3.8, 4) is 0 Å². The summed E-state index contributed by atoms with van der Waals surface area (Å²) in [7, 11) is -8.20. The van der Waals surface area contributed by atoms with Crippen molar-refractivity contribution < 1.29 is 21.6 Å². The summed E-state index contributed by atoms with van der Waals surface area (Å²) in [5, 5.41) is -2.90. The molecule has 0 aromatic heterocycles. The number of Topliss-reactive ketones (excluding diaryl/α,β-unsaturated/α-hetero) is 1. The Labute approximate surface area is 206 Å². The van der Waals surface area contributed by atoms with E-state index < -0.39 is 41.0 Å². The van der Waals surface area contributed by atoms with E-state index in [0.29, 0.717) is 16.7 Å². The maximum absolute atomic E-state index is 14.4. The molecule has 5 rings (SSSR count). The monoisotopic (exact) mass is 506 g/mol. The number of ketones is 1. The van der Waals surface area contributed by atoms with Gasteiger partial charge in [-0.3, -0.25) is 4.79 Å². The van der Waals surface area contributed by atoms with Gasteiger partial charge in [0.05, 0.1) is 21.0 Å².